The second kappa shape index (κ2) is 5.14. The van der Waals surface area contributed by atoms with Crippen molar-refractivity contribution in [2.75, 3.05) is 38.7 Å². The molecule has 0 unspecified atom stereocenters. The minimum absolute atomic E-state index is 0.110. The molecule has 0 aromatic heterocycles. The van der Waals surface area contributed by atoms with Crippen molar-refractivity contribution in [3.63, 3.8) is 0 Å². The quantitative estimate of drug-likeness (QED) is 0.845. The number of nitrogens with one attached hydrogen (secondary N) is 1. The van der Waals surface area contributed by atoms with Crippen molar-refractivity contribution in [2.45, 2.75) is 0 Å². The summed E-state index contributed by atoms with van der Waals surface area (Å²) in [5.41, 5.74) is 0.835. The van der Waals surface area contributed by atoms with E-state index in [1.807, 2.05) is 0 Å². The SMILES string of the molecule is CNc1ccc(F)c(C(=O)N2CCOCC2)c1. The Labute approximate surface area is 99.4 Å². The molecule has 2 rings (SSSR count). The Bertz CT molecular complexity index is 417. The highest BCUT2D eigenvalue weighted by molar-refractivity contribution is 5.95. The summed E-state index contributed by atoms with van der Waals surface area (Å²) in [6.07, 6.45) is 0. The minimum Gasteiger partial charge on any atom is -0.388 e. The monoisotopic (exact) mass is 238 g/mol. The van der Waals surface area contributed by atoms with Gasteiger partial charge < -0.3 is 15.0 Å². The third kappa shape index (κ3) is 2.55. The number of hydrogen-bond donors (Lipinski definition) is 1. The number of amides is 1. The molecule has 1 N–H and O–H groups in total. The van der Waals surface area contributed by atoms with Gasteiger partial charge in [-0.25, -0.2) is 4.39 Å². The van der Waals surface area contributed by atoms with Crippen molar-refractivity contribution in [2.24, 2.45) is 0 Å². The molecule has 5 heteroatoms. The lowest BCUT2D eigenvalue weighted by Gasteiger charge is -2.27. The van der Waals surface area contributed by atoms with Gasteiger partial charge >= 0.3 is 0 Å². The van der Waals surface area contributed by atoms with E-state index in [4.69, 9.17) is 4.74 Å². The van der Waals surface area contributed by atoms with Crippen LogP contribution in [0.25, 0.3) is 0 Å². The first-order chi connectivity index (χ1) is 8.22. The van der Waals surface area contributed by atoms with E-state index in [0.717, 1.165) is 5.69 Å². The second-order valence-electron chi connectivity index (χ2n) is 3.85. The Morgan fingerprint density at radius 1 is 1.41 bits per heavy atom. The van der Waals surface area contributed by atoms with Crippen LogP contribution in [-0.4, -0.2) is 44.2 Å². The van der Waals surface area contributed by atoms with E-state index in [1.54, 1.807) is 18.0 Å². The highest BCUT2D eigenvalue weighted by Crippen LogP contribution is 2.17. The van der Waals surface area contributed by atoms with E-state index in [2.05, 4.69) is 5.32 Å². The summed E-state index contributed by atoms with van der Waals surface area (Å²) in [5, 5.41) is 2.89. The van der Waals surface area contributed by atoms with Crippen LogP contribution in [0.3, 0.4) is 0 Å². The number of anilines is 1. The molecule has 1 amide bonds. The van der Waals surface area contributed by atoms with Crippen LogP contribution in [0.1, 0.15) is 10.4 Å². The molecule has 1 aromatic carbocycles. The molecule has 1 aromatic rings. The summed E-state index contributed by atoms with van der Waals surface area (Å²) in [4.78, 5) is 13.7. The van der Waals surface area contributed by atoms with Gasteiger partial charge in [-0.2, -0.15) is 0 Å². The van der Waals surface area contributed by atoms with Crippen LogP contribution in [0.5, 0.6) is 0 Å². The van der Waals surface area contributed by atoms with Crippen LogP contribution < -0.4 is 5.32 Å². The third-order valence-electron chi connectivity index (χ3n) is 2.78. The molecular formula is C12H15FN2O2. The maximum atomic E-state index is 13.6. The smallest absolute Gasteiger partial charge is 0.257 e. The van der Waals surface area contributed by atoms with Gasteiger partial charge in [0.25, 0.3) is 5.91 Å². The van der Waals surface area contributed by atoms with Gasteiger partial charge in [-0.15, -0.1) is 0 Å². The Balaban J connectivity index is 2.22. The first-order valence-corrected chi connectivity index (χ1v) is 5.56. The van der Waals surface area contributed by atoms with Crippen LogP contribution in [0.15, 0.2) is 18.2 Å². The molecule has 0 radical (unpaired) electrons. The molecule has 1 heterocycles. The number of carbonyl (C=O) groups excluding carboxylic acids is 1. The summed E-state index contributed by atoms with van der Waals surface area (Å²) in [7, 11) is 1.73. The van der Waals surface area contributed by atoms with Gasteiger partial charge in [-0.05, 0) is 18.2 Å². The number of morpholine rings is 1. The molecule has 1 aliphatic heterocycles. The minimum atomic E-state index is -0.486. The summed E-state index contributed by atoms with van der Waals surface area (Å²) in [5.74, 6) is -0.761. The van der Waals surface area contributed by atoms with Crippen LogP contribution in [0.4, 0.5) is 10.1 Å². The average molecular weight is 238 g/mol. The van der Waals surface area contributed by atoms with E-state index < -0.39 is 5.82 Å². The van der Waals surface area contributed by atoms with Gasteiger partial charge in [0, 0.05) is 25.8 Å². The number of benzene rings is 1. The summed E-state index contributed by atoms with van der Waals surface area (Å²) in [6, 6.07) is 4.44. The number of rotatable bonds is 2. The fourth-order valence-electron chi connectivity index (χ4n) is 1.78. The number of halogens is 1. The Hall–Kier alpha value is -1.62. The van der Waals surface area contributed by atoms with Crippen molar-refractivity contribution >= 4 is 11.6 Å². The van der Waals surface area contributed by atoms with Gasteiger partial charge in [0.15, 0.2) is 0 Å². The predicted molar refractivity (Wildman–Crippen MR) is 62.7 cm³/mol. The van der Waals surface area contributed by atoms with Crippen LogP contribution in [0, 0.1) is 5.82 Å². The molecule has 0 saturated carbocycles. The zero-order valence-corrected chi connectivity index (χ0v) is 9.70. The number of carbonyl (C=O) groups is 1. The maximum Gasteiger partial charge on any atom is 0.257 e. The zero-order chi connectivity index (χ0) is 12.3. The van der Waals surface area contributed by atoms with Gasteiger partial charge in [0.2, 0.25) is 0 Å². The molecule has 92 valence electrons. The van der Waals surface area contributed by atoms with E-state index in [1.165, 1.54) is 12.1 Å². The fourth-order valence-corrected chi connectivity index (χ4v) is 1.78. The molecular weight excluding hydrogens is 223 g/mol. The van der Waals surface area contributed by atoms with Crippen LogP contribution in [-0.2, 0) is 4.74 Å². The average Bonchev–Trinajstić information content (AvgIpc) is 2.39. The van der Waals surface area contributed by atoms with Crippen molar-refractivity contribution in [3.8, 4) is 0 Å². The molecule has 1 aliphatic rings. The molecule has 1 saturated heterocycles. The van der Waals surface area contributed by atoms with Gasteiger partial charge in [0.1, 0.15) is 5.82 Å². The number of nitrogens with zero attached hydrogens (tertiary/aromatic N) is 1. The van der Waals surface area contributed by atoms with Crippen LogP contribution >= 0.6 is 0 Å². The Kier molecular flexibility index (Phi) is 3.58. The van der Waals surface area contributed by atoms with Gasteiger partial charge in [0.05, 0.1) is 18.8 Å². The van der Waals surface area contributed by atoms with E-state index in [-0.39, 0.29) is 11.5 Å². The molecule has 0 spiro atoms. The summed E-state index contributed by atoms with van der Waals surface area (Å²) in [6.45, 7) is 2.06. The first kappa shape index (κ1) is 11.9. The van der Waals surface area contributed by atoms with Crippen molar-refractivity contribution in [1.29, 1.82) is 0 Å². The maximum absolute atomic E-state index is 13.6. The molecule has 0 bridgehead atoms. The van der Waals surface area contributed by atoms with Gasteiger partial charge in [-0.3, -0.25) is 4.79 Å². The molecule has 1 fully saturated rings. The third-order valence-corrected chi connectivity index (χ3v) is 2.78. The Morgan fingerprint density at radius 2 is 2.12 bits per heavy atom. The summed E-state index contributed by atoms with van der Waals surface area (Å²) < 4.78 is 18.8. The van der Waals surface area contributed by atoms with Gasteiger partial charge in [-0.1, -0.05) is 0 Å². The van der Waals surface area contributed by atoms with Crippen molar-refractivity contribution < 1.29 is 13.9 Å². The lowest BCUT2D eigenvalue weighted by Crippen LogP contribution is -2.41. The van der Waals surface area contributed by atoms with E-state index >= 15 is 0 Å². The number of ether oxygens (including phenoxy) is 1. The van der Waals surface area contributed by atoms with Crippen molar-refractivity contribution in [3.05, 3.63) is 29.6 Å². The fraction of sp³-hybridized carbons (Fsp3) is 0.417. The molecule has 17 heavy (non-hydrogen) atoms. The lowest BCUT2D eigenvalue weighted by molar-refractivity contribution is 0.0300. The molecule has 0 aliphatic carbocycles. The largest absolute Gasteiger partial charge is 0.388 e. The van der Waals surface area contributed by atoms with Crippen molar-refractivity contribution in [1.82, 2.24) is 4.90 Å². The summed E-state index contributed by atoms with van der Waals surface area (Å²) >= 11 is 0. The molecule has 4 nitrogen and oxygen atoms in total. The normalized spacial score (nSPS) is 15.8. The van der Waals surface area contributed by atoms with Crippen LogP contribution in [0.2, 0.25) is 0 Å². The highest BCUT2D eigenvalue weighted by Gasteiger charge is 2.21. The Morgan fingerprint density at radius 3 is 2.76 bits per heavy atom. The standard InChI is InChI=1S/C12H15FN2O2/c1-14-9-2-3-11(13)10(8-9)12(16)15-4-6-17-7-5-15/h2-3,8,14H,4-7H2,1H3. The lowest BCUT2D eigenvalue weighted by atomic mass is 10.1. The van der Waals surface area contributed by atoms with E-state index in [9.17, 15) is 9.18 Å². The van der Waals surface area contributed by atoms with E-state index in [0.29, 0.717) is 26.3 Å². The number of hydrogen-bond acceptors (Lipinski definition) is 3. The first-order valence-electron chi connectivity index (χ1n) is 5.56. The second-order valence-corrected chi connectivity index (χ2v) is 3.85. The zero-order valence-electron chi connectivity index (χ0n) is 9.70. The highest BCUT2D eigenvalue weighted by atomic mass is 19.1. The topological polar surface area (TPSA) is 41.6 Å². The molecule has 0 atom stereocenters. The predicted octanol–water partition coefficient (Wildman–Crippen LogP) is 1.34.